The lowest BCUT2D eigenvalue weighted by atomic mass is 9.60. The molecule has 20 saturated heterocycles. The number of halogens is 1. The van der Waals surface area contributed by atoms with Gasteiger partial charge in [-0.2, -0.15) is 0 Å². The Hall–Kier alpha value is -0.910. The van der Waals surface area contributed by atoms with Crippen molar-refractivity contribution in [2.45, 2.75) is 571 Å². The van der Waals surface area contributed by atoms with Crippen molar-refractivity contribution in [3.05, 3.63) is 0 Å². The molecule has 26 aliphatic rings. The molecule has 20 aliphatic heterocycles. The average Bonchev–Trinajstić information content (AvgIpc) is 1.61. The molecule has 0 aromatic heterocycles. The molecule has 12 bridgehead atoms. The number of rotatable bonds is 9. The van der Waals surface area contributed by atoms with Gasteiger partial charge in [0, 0.05) is 215 Å². The predicted molar refractivity (Wildman–Crippen MR) is 554 cm³/mol. The molecule has 5 spiro atoms. The highest BCUT2D eigenvalue weighted by molar-refractivity contribution is 5.16. The first-order chi connectivity index (χ1) is 63.6. The van der Waals surface area contributed by atoms with Crippen molar-refractivity contribution in [3.8, 4) is 0 Å². The largest absolute Gasteiger partial charge is 0.378 e. The van der Waals surface area contributed by atoms with E-state index in [1.165, 1.54) is 213 Å². The van der Waals surface area contributed by atoms with Crippen LogP contribution in [0.1, 0.15) is 381 Å². The first kappa shape index (κ1) is 111. The van der Waals surface area contributed by atoms with Crippen LogP contribution >= 0.6 is 0 Å². The minimum atomic E-state index is -0.868. The zero-order valence-corrected chi connectivity index (χ0v) is 92.8. The van der Waals surface area contributed by atoms with Gasteiger partial charge in [-0.15, -0.1) is 0 Å². The van der Waals surface area contributed by atoms with Gasteiger partial charge in [-0.05, 0) is 386 Å². The summed E-state index contributed by atoms with van der Waals surface area (Å²) in [4.78, 5) is 31.0. The number of likely N-dealkylation sites (tertiary alicyclic amines) is 4. The van der Waals surface area contributed by atoms with Gasteiger partial charge in [-0.1, -0.05) is 6.42 Å². The van der Waals surface area contributed by atoms with Gasteiger partial charge in [0.05, 0.1) is 114 Å². The smallest absolute Gasteiger partial charge is 0.111 e. The van der Waals surface area contributed by atoms with E-state index in [0.717, 1.165) is 154 Å². The molecule has 15 atom stereocenters. The molecule has 20 heterocycles. The predicted octanol–water partition coefficient (Wildman–Crippen LogP) is 19.1. The Morgan fingerprint density at radius 1 is 0.341 bits per heavy atom. The molecule has 15 unspecified atom stereocenters. The maximum atomic E-state index is 13.3. The van der Waals surface area contributed by atoms with E-state index < -0.39 is 5.67 Å². The molecule has 135 heavy (non-hydrogen) atoms. The van der Waals surface area contributed by atoms with Crippen molar-refractivity contribution in [2.24, 2.45) is 5.41 Å². The van der Waals surface area contributed by atoms with Crippen molar-refractivity contribution < 1.29 is 47.0 Å². The maximum absolute atomic E-state index is 13.3. The maximum Gasteiger partial charge on any atom is 0.111 e. The lowest BCUT2D eigenvalue weighted by molar-refractivity contribution is -0.164. The molecule has 0 aromatic rings. The van der Waals surface area contributed by atoms with Gasteiger partial charge < -0.3 is 42.6 Å². The Bertz CT molecular complexity index is 3370. The van der Waals surface area contributed by atoms with E-state index in [0.29, 0.717) is 143 Å². The summed E-state index contributed by atoms with van der Waals surface area (Å²) in [5, 5.41) is 0. The lowest BCUT2D eigenvalue weighted by Gasteiger charge is -2.64. The van der Waals surface area contributed by atoms with Crippen LogP contribution < -0.4 is 0 Å². The molecule has 22 heteroatoms. The molecular formula is C113H213FN12O9. The molecule has 26 rings (SSSR count). The minimum Gasteiger partial charge on any atom is -0.378 e. The number of morpholine rings is 9. The summed E-state index contributed by atoms with van der Waals surface area (Å²) >= 11 is 0. The number of piperidine rings is 3. The van der Waals surface area contributed by atoms with E-state index in [1.807, 2.05) is 0 Å². The third kappa shape index (κ3) is 29.8. The van der Waals surface area contributed by atoms with E-state index >= 15 is 0 Å². The van der Waals surface area contributed by atoms with Crippen molar-refractivity contribution in [3.63, 3.8) is 0 Å². The summed E-state index contributed by atoms with van der Waals surface area (Å²) < 4.78 is 64.0. The zero-order valence-electron chi connectivity index (χ0n) is 92.8. The molecule has 6 aliphatic carbocycles. The summed E-state index contributed by atoms with van der Waals surface area (Å²) in [6, 6.07) is 13.0. The van der Waals surface area contributed by atoms with Gasteiger partial charge in [0.1, 0.15) is 5.67 Å². The fourth-order valence-corrected chi connectivity index (χ4v) is 28.1. The van der Waals surface area contributed by atoms with Crippen LogP contribution in [-0.2, 0) is 42.6 Å². The van der Waals surface area contributed by atoms with E-state index in [1.54, 1.807) is 6.92 Å². The van der Waals surface area contributed by atoms with Crippen LogP contribution in [0.4, 0.5) is 4.39 Å². The zero-order chi connectivity index (χ0) is 97.7. The van der Waals surface area contributed by atoms with Gasteiger partial charge in [0.25, 0.3) is 0 Å². The summed E-state index contributed by atoms with van der Waals surface area (Å²) in [6.07, 6.45) is 40.1. The number of hydrogen-bond acceptors (Lipinski definition) is 21. The average molecular weight is 1900 g/mol. The molecule has 0 aromatic carbocycles. The van der Waals surface area contributed by atoms with Crippen LogP contribution in [0.15, 0.2) is 0 Å². The Balaban J connectivity index is 0.000000125. The van der Waals surface area contributed by atoms with Crippen LogP contribution in [0.2, 0.25) is 0 Å². The molecule has 21 nitrogen and oxygen atoms in total. The van der Waals surface area contributed by atoms with Crippen molar-refractivity contribution in [1.29, 1.82) is 0 Å². The topological polar surface area (TPSA) is 122 Å². The Labute approximate surface area is 828 Å². The Kier molecular flexibility index (Phi) is 39.2. The highest BCUT2D eigenvalue weighted by Crippen LogP contribution is 2.56. The highest BCUT2D eigenvalue weighted by Gasteiger charge is 2.61. The molecule has 0 N–H and O–H groups in total. The Morgan fingerprint density at radius 2 is 0.844 bits per heavy atom. The summed E-state index contributed by atoms with van der Waals surface area (Å²) in [6.45, 7) is 90.8. The number of ether oxygens (including phenoxy) is 9. The SMILES string of the molecule is CC(C)(C)N1C2CCC1COC2.CC(C)(C)N1C2CCCC1CC2.CC(C)(C)N1CCC2(CC2)C1.CC(C)N1C2CCC(OC2)C1C.CC(C)N1CC2CC1CO2.CC(C)N1CC2CCC(C1)O2.CC(C)N1CC2CCC1CO2.CC(C)N1CCC12CC(C)(F)C2.CC(C)N1CCOC2(CC2)C1.CC(C)N1CCOC2(CCC2)C1.CC(C)N1CCOC2CC21.CC(C)N1CCOCC12CC2. The van der Waals surface area contributed by atoms with E-state index in [-0.39, 0.29) is 11.1 Å². The van der Waals surface area contributed by atoms with Gasteiger partial charge >= 0.3 is 0 Å². The normalized spacial score (nSPS) is 36.7. The van der Waals surface area contributed by atoms with Gasteiger partial charge in [0.15, 0.2) is 0 Å². The van der Waals surface area contributed by atoms with Crippen LogP contribution in [0.5, 0.6) is 0 Å². The lowest BCUT2D eigenvalue weighted by Crippen LogP contribution is -2.71. The van der Waals surface area contributed by atoms with Gasteiger partial charge in [0.2, 0.25) is 0 Å². The summed E-state index contributed by atoms with van der Waals surface area (Å²) in [5.41, 5.74) is 2.42. The number of nitrogens with zero attached hydrogens (tertiary/aromatic N) is 12. The monoisotopic (exact) mass is 1900 g/mol. The van der Waals surface area contributed by atoms with E-state index in [9.17, 15) is 4.39 Å². The van der Waals surface area contributed by atoms with Crippen molar-refractivity contribution in [2.75, 3.05) is 151 Å². The van der Waals surface area contributed by atoms with Crippen LogP contribution in [0.3, 0.4) is 0 Å². The molecule has 6 saturated carbocycles. The molecule has 26 fully saturated rings. The quantitative estimate of drug-likeness (QED) is 0.217. The molecular weight excluding hydrogens is 1690 g/mol. The second-order valence-electron chi connectivity index (χ2n) is 52.9. The second kappa shape index (κ2) is 47.5. The fraction of sp³-hybridized carbons (Fsp3) is 1.00. The third-order valence-corrected chi connectivity index (χ3v) is 36.4. The van der Waals surface area contributed by atoms with Crippen LogP contribution in [0.25, 0.3) is 0 Å². The summed E-state index contributed by atoms with van der Waals surface area (Å²) in [7, 11) is 0. The fourth-order valence-electron chi connectivity index (χ4n) is 28.1. The summed E-state index contributed by atoms with van der Waals surface area (Å²) in [5.74, 6) is 0. The molecule has 786 valence electrons. The molecule has 0 radical (unpaired) electrons. The van der Waals surface area contributed by atoms with E-state index in [4.69, 9.17) is 42.6 Å². The van der Waals surface area contributed by atoms with Crippen LogP contribution in [0, 0.1) is 5.41 Å². The van der Waals surface area contributed by atoms with Crippen molar-refractivity contribution in [1.82, 2.24) is 58.8 Å². The first-order valence-electron chi connectivity index (χ1n) is 57.0. The third-order valence-electron chi connectivity index (χ3n) is 36.4. The van der Waals surface area contributed by atoms with Crippen LogP contribution in [-0.4, -0.2) is 400 Å². The standard InChI is InChI=1S/C11H21N.C10H18FN.3C10H19NO.C10H19N.4C9H17NO.2C8H15NO/c1-11(2,3)12-9-5-4-6-10(12)8-7-9;1-8(2)12-5-4-10(12)6-9(3,11)7-10;1-10(2,3)11-8-4-5-9(11)7-12-6-8;1-7(2)11-8(3)10-5-4-9(11)6-12-10;1-9(2)11-6-7-12-10(8-11)4-3-5-10;1-9(2,3)11-7-6-10(8-11)4-5-10;1-7(2)10-5-9-4-3-8(10)6-11-9;1-7(2)10-5-8-3-4-9(6-10)11-8;1-8(2)10-5-6-11-7-9(10)3-4-9;1-8(2)10-5-6-11-9(7-10)3-4-9;1-6(2)9-4-8-3-7(9)5-10-8;1-6(2)9-3-4-10-8-5-7(8)9/h9-10H,4-8H2,1-3H3;8H,4-7H2,1-3H3;8-9H,4-7H2,1-3H3;7-10H,4-6H2,1-3H3;9H,3-8H2,1-2H3;4-8H2,1-3H3;2*7-9H,3-6H2,1-2H3;2*8H,3-7H2,1-2H3;2*6-8H,3-5H2,1-2H3. The number of alkyl halides is 1. The van der Waals surface area contributed by atoms with Gasteiger partial charge in [-0.3, -0.25) is 58.8 Å². The number of hydrogen-bond donors (Lipinski definition) is 0. The second-order valence-corrected chi connectivity index (χ2v) is 52.9. The van der Waals surface area contributed by atoms with Gasteiger partial charge in [-0.25, -0.2) is 4.39 Å². The number of fused-ring (bicyclic) bond motifs is 15. The molecule has 0 amide bonds. The minimum absolute atomic E-state index is 0.275. The van der Waals surface area contributed by atoms with E-state index in [2.05, 4.69) is 253 Å². The first-order valence-corrected chi connectivity index (χ1v) is 57.0. The Morgan fingerprint density at radius 3 is 1.19 bits per heavy atom. The van der Waals surface area contributed by atoms with Crippen molar-refractivity contribution >= 4 is 0 Å². The highest BCUT2D eigenvalue weighted by atomic mass is 19.1.